The summed E-state index contributed by atoms with van der Waals surface area (Å²) in [6.07, 6.45) is 1.20. The van der Waals surface area contributed by atoms with Gasteiger partial charge >= 0.3 is 0 Å². The summed E-state index contributed by atoms with van der Waals surface area (Å²) in [7, 11) is -2.70. The second-order valence-corrected chi connectivity index (χ2v) is 7.43. The summed E-state index contributed by atoms with van der Waals surface area (Å²) >= 11 is 0. The Balaban J connectivity index is 2.07. The Labute approximate surface area is 134 Å². The van der Waals surface area contributed by atoms with Gasteiger partial charge in [0.15, 0.2) is 0 Å². The minimum Gasteiger partial charge on any atom is -0.282 e. The minimum atomic E-state index is -4.06. The van der Waals surface area contributed by atoms with E-state index in [0.29, 0.717) is 18.9 Å². The predicted molar refractivity (Wildman–Crippen MR) is 82.6 cm³/mol. The number of rotatable bonds is 6. The molecule has 1 heterocycles. The first-order valence-electron chi connectivity index (χ1n) is 7.15. The fourth-order valence-corrected chi connectivity index (χ4v) is 3.67. The highest BCUT2D eigenvalue weighted by Crippen LogP contribution is 2.20. The van der Waals surface area contributed by atoms with E-state index < -0.39 is 26.6 Å². The summed E-state index contributed by atoms with van der Waals surface area (Å²) in [6, 6.07) is 2.40. The molecule has 23 heavy (non-hydrogen) atoms. The van der Waals surface area contributed by atoms with Gasteiger partial charge in [-0.15, -0.1) is 0 Å². The molecule has 0 atom stereocenters. The molecule has 0 unspecified atom stereocenters. The number of aryl methyl sites for hydroxylation is 2. The number of hydrogen-bond donors (Lipinski definition) is 1. The second kappa shape index (κ2) is 6.76. The molecule has 0 saturated heterocycles. The fourth-order valence-electron chi connectivity index (χ4n) is 2.38. The summed E-state index contributed by atoms with van der Waals surface area (Å²) < 4.78 is 52.6. The molecule has 0 aliphatic carbocycles. The Hall–Kier alpha value is -1.80. The van der Waals surface area contributed by atoms with Crippen LogP contribution in [-0.4, -0.2) is 36.5 Å². The number of sulfonamides is 1. The van der Waals surface area contributed by atoms with Gasteiger partial charge in [0.2, 0.25) is 10.0 Å². The number of halogens is 2. The van der Waals surface area contributed by atoms with Crippen LogP contribution in [0.25, 0.3) is 0 Å². The lowest BCUT2D eigenvalue weighted by Gasteiger charge is -2.17. The highest BCUT2D eigenvalue weighted by Gasteiger charge is 2.24. The third-order valence-corrected chi connectivity index (χ3v) is 5.63. The Morgan fingerprint density at radius 3 is 2.57 bits per heavy atom. The van der Waals surface area contributed by atoms with Crippen LogP contribution in [0.2, 0.25) is 0 Å². The van der Waals surface area contributed by atoms with Crippen molar-refractivity contribution < 1.29 is 17.2 Å². The molecule has 0 spiro atoms. The monoisotopic (exact) mass is 343 g/mol. The molecule has 0 saturated carbocycles. The molecule has 0 amide bonds. The van der Waals surface area contributed by atoms with Crippen molar-refractivity contribution in [2.24, 2.45) is 0 Å². The van der Waals surface area contributed by atoms with E-state index in [0.717, 1.165) is 33.4 Å². The fraction of sp³-hybridized carbons (Fsp3) is 0.400. The summed E-state index contributed by atoms with van der Waals surface area (Å²) in [4.78, 5) is -0.643. The number of aromatic nitrogens is 2. The van der Waals surface area contributed by atoms with Crippen LogP contribution in [0.1, 0.15) is 23.4 Å². The lowest BCUT2D eigenvalue weighted by molar-refractivity contribution is 0.453. The van der Waals surface area contributed by atoms with Gasteiger partial charge < -0.3 is 0 Å². The van der Waals surface area contributed by atoms with Crippen molar-refractivity contribution in [3.05, 3.63) is 46.8 Å². The lowest BCUT2D eigenvalue weighted by Crippen LogP contribution is -2.29. The van der Waals surface area contributed by atoms with Crippen molar-refractivity contribution in [2.75, 3.05) is 13.6 Å². The number of benzene rings is 1. The second-order valence-electron chi connectivity index (χ2n) is 5.42. The zero-order valence-electron chi connectivity index (χ0n) is 13.2. The van der Waals surface area contributed by atoms with Crippen molar-refractivity contribution in [3.63, 3.8) is 0 Å². The van der Waals surface area contributed by atoms with E-state index in [4.69, 9.17) is 0 Å². The SMILES string of the molecule is Cc1n[nH]c(C)c1CCCN(C)S(=O)(=O)c1cc(F)ccc1F. The summed E-state index contributed by atoms with van der Waals surface area (Å²) in [5.41, 5.74) is 2.88. The molecular weight excluding hydrogens is 324 g/mol. The average Bonchev–Trinajstić information content (AvgIpc) is 2.81. The third kappa shape index (κ3) is 3.76. The van der Waals surface area contributed by atoms with Crippen LogP contribution in [-0.2, 0) is 16.4 Å². The van der Waals surface area contributed by atoms with Crippen LogP contribution in [0.3, 0.4) is 0 Å². The molecule has 2 rings (SSSR count). The smallest absolute Gasteiger partial charge is 0.245 e. The van der Waals surface area contributed by atoms with Gasteiger partial charge in [-0.3, -0.25) is 5.10 Å². The number of H-pyrrole nitrogens is 1. The maximum atomic E-state index is 13.7. The summed E-state index contributed by atoms with van der Waals surface area (Å²) in [5, 5.41) is 6.96. The van der Waals surface area contributed by atoms with Crippen molar-refractivity contribution in [3.8, 4) is 0 Å². The molecule has 0 radical (unpaired) electrons. The zero-order chi connectivity index (χ0) is 17.2. The molecule has 0 aliphatic heterocycles. The van der Waals surface area contributed by atoms with E-state index in [1.165, 1.54) is 7.05 Å². The van der Waals surface area contributed by atoms with Crippen LogP contribution in [0, 0.1) is 25.5 Å². The Bertz CT molecular complexity index is 784. The average molecular weight is 343 g/mol. The molecule has 2 aromatic rings. The van der Waals surface area contributed by atoms with Gasteiger partial charge in [0, 0.05) is 19.3 Å². The molecular formula is C15H19F2N3O2S. The van der Waals surface area contributed by atoms with Crippen LogP contribution in [0.15, 0.2) is 23.1 Å². The van der Waals surface area contributed by atoms with E-state index in [1.54, 1.807) is 0 Å². The first-order valence-corrected chi connectivity index (χ1v) is 8.59. The molecule has 1 N–H and O–H groups in total. The lowest BCUT2D eigenvalue weighted by atomic mass is 10.1. The van der Waals surface area contributed by atoms with E-state index in [1.807, 2.05) is 13.8 Å². The molecule has 0 aliphatic rings. The van der Waals surface area contributed by atoms with E-state index in [2.05, 4.69) is 10.2 Å². The largest absolute Gasteiger partial charge is 0.282 e. The first-order chi connectivity index (χ1) is 10.7. The van der Waals surface area contributed by atoms with Gasteiger partial charge in [0.05, 0.1) is 5.69 Å². The zero-order valence-corrected chi connectivity index (χ0v) is 14.0. The van der Waals surface area contributed by atoms with E-state index in [-0.39, 0.29) is 6.54 Å². The molecule has 8 heteroatoms. The number of hydrogen-bond acceptors (Lipinski definition) is 3. The summed E-state index contributed by atoms with van der Waals surface area (Å²) in [5.74, 6) is -1.75. The van der Waals surface area contributed by atoms with Crippen molar-refractivity contribution in [2.45, 2.75) is 31.6 Å². The standard InChI is InChI=1S/C15H19F2N3O2S/c1-10-13(11(2)19-18-10)5-4-8-20(3)23(21,22)15-9-12(16)6-7-14(15)17/h6-7,9H,4-5,8H2,1-3H3,(H,18,19). The normalized spacial score (nSPS) is 12.1. The van der Waals surface area contributed by atoms with Crippen LogP contribution >= 0.6 is 0 Å². The van der Waals surface area contributed by atoms with E-state index in [9.17, 15) is 17.2 Å². The van der Waals surface area contributed by atoms with Gasteiger partial charge in [0.1, 0.15) is 16.5 Å². The van der Waals surface area contributed by atoms with Gasteiger partial charge in [-0.25, -0.2) is 21.5 Å². The topological polar surface area (TPSA) is 66.1 Å². The molecule has 5 nitrogen and oxygen atoms in total. The van der Waals surface area contributed by atoms with Gasteiger partial charge in [-0.2, -0.15) is 5.10 Å². The summed E-state index contributed by atoms with van der Waals surface area (Å²) in [6.45, 7) is 3.97. The van der Waals surface area contributed by atoms with Gasteiger partial charge in [-0.1, -0.05) is 0 Å². The quantitative estimate of drug-likeness (QED) is 0.877. The third-order valence-electron chi connectivity index (χ3n) is 3.76. The van der Waals surface area contributed by atoms with Crippen molar-refractivity contribution in [1.29, 1.82) is 0 Å². The van der Waals surface area contributed by atoms with Gasteiger partial charge in [-0.05, 0) is 50.5 Å². The maximum absolute atomic E-state index is 13.7. The van der Waals surface area contributed by atoms with E-state index >= 15 is 0 Å². The number of nitrogens with zero attached hydrogens (tertiary/aromatic N) is 2. The minimum absolute atomic E-state index is 0.197. The maximum Gasteiger partial charge on any atom is 0.245 e. The molecule has 1 aromatic heterocycles. The molecule has 0 bridgehead atoms. The first kappa shape index (κ1) is 17.6. The molecule has 126 valence electrons. The van der Waals surface area contributed by atoms with Gasteiger partial charge in [0.25, 0.3) is 0 Å². The Morgan fingerprint density at radius 2 is 1.96 bits per heavy atom. The van der Waals surface area contributed by atoms with Crippen molar-refractivity contribution >= 4 is 10.0 Å². The number of aromatic amines is 1. The molecule has 0 fully saturated rings. The molecule has 1 aromatic carbocycles. The Morgan fingerprint density at radius 1 is 1.26 bits per heavy atom. The Kier molecular flexibility index (Phi) is 5.16. The highest BCUT2D eigenvalue weighted by molar-refractivity contribution is 7.89. The number of nitrogens with one attached hydrogen (secondary N) is 1. The highest BCUT2D eigenvalue weighted by atomic mass is 32.2. The van der Waals surface area contributed by atoms with Crippen LogP contribution < -0.4 is 0 Å². The predicted octanol–water partition coefficient (Wildman–Crippen LogP) is 2.56. The van der Waals surface area contributed by atoms with Crippen LogP contribution in [0.5, 0.6) is 0 Å². The van der Waals surface area contributed by atoms with Crippen LogP contribution in [0.4, 0.5) is 8.78 Å². The van der Waals surface area contributed by atoms with Crippen molar-refractivity contribution in [1.82, 2.24) is 14.5 Å².